The minimum absolute atomic E-state index is 0.245. The summed E-state index contributed by atoms with van der Waals surface area (Å²) in [5.74, 6) is 0.160. The molecule has 0 saturated heterocycles. The van der Waals surface area contributed by atoms with Gasteiger partial charge in [0.15, 0.2) is 0 Å². The van der Waals surface area contributed by atoms with Gasteiger partial charge in [-0.2, -0.15) is 0 Å². The van der Waals surface area contributed by atoms with E-state index >= 15 is 0 Å². The highest BCUT2D eigenvalue weighted by molar-refractivity contribution is 5.90. The fourth-order valence-corrected chi connectivity index (χ4v) is 1.85. The van der Waals surface area contributed by atoms with E-state index in [4.69, 9.17) is 4.74 Å². The van der Waals surface area contributed by atoms with E-state index in [0.717, 1.165) is 17.5 Å². The first-order valence-corrected chi connectivity index (χ1v) is 7.03. The summed E-state index contributed by atoms with van der Waals surface area (Å²) >= 11 is 0. The molecule has 0 amide bonds. The average Bonchev–Trinajstić information content (AvgIpc) is 2.53. The number of rotatable bonds is 5. The fourth-order valence-electron chi connectivity index (χ4n) is 1.85. The first kappa shape index (κ1) is 14.3. The molecule has 2 rings (SSSR count). The number of carbonyl (C=O) groups excluding carboxylic acids is 1. The molecule has 0 radical (unpaired) electrons. The topological polar surface area (TPSA) is 26.3 Å². The second kappa shape index (κ2) is 6.90. The molecular formula is C18H20O2. The Labute approximate surface area is 120 Å². The fraction of sp³-hybridized carbons (Fsp3) is 0.278. The van der Waals surface area contributed by atoms with Gasteiger partial charge in [0.1, 0.15) is 0 Å². The smallest absolute Gasteiger partial charge is 0.338 e. The van der Waals surface area contributed by atoms with Gasteiger partial charge in [0.05, 0.1) is 12.2 Å². The molecule has 0 heterocycles. The van der Waals surface area contributed by atoms with Gasteiger partial charge in [-0.1, -0.05) is 62.7 Å². The van der Waals surface area contributed by atoms with Crippen LogP contribution in [0.25, 0.3) is 11.1 Å². The number of benzene rings is 2. The SMILES string of the molecule is CC[C@H](C)COC(=O)c1ccc(-c2ccccc2)cc1. The lowest BCUT2D eigenvalue weighted by Gasteiger charge is -2.10. The Morgan fingerprint density at radius 2 is 1.60 bits per heavy atom. The zero-order valence-corrected chi connectivity index (χ0v) is 12.0. The molecule has 0 aromatic heterocycles. The van der Waals surface area contributed by atoms with Crippen molar-refractivity contribution >= 4 is 5.97 Å². The molecule has 1 atom stereocenters. The summed E-state index contributed by atoms with van der Waals surface area (Å²) in [5.41, 5.74) is 2.85. The van der Waals surface area contributed by atoms with Crippen LogP contribution in [0, 0.1) is 5.92 Å². The lowest BCUT2D eigenvalue weighted by molar-refractivity contribution is 0.0447. The number of ether oxygens (including phenoxy) is 1. The van der Waals surface area contributed by atoms with Crippen molar-refractivity contribution in [3.05, 3.63) is 60.2 Å². The maximum Gasteiger partial charge on any atom is 0.338 e. The number of hydrogen-bond donors (Lipinski definition) is 0. The van der Waals surface area contributed by atoms with E-state index in [-0.39, 0.29) is 5.97 Å². The number of esters is 1. The van der Waals surface area contributed by atoms with Crippen LogP contribution in [0.4, 0.5) is 0 Å². The van der Waals surface area contributed by atoms with Crippen molar-refractivity contribution in [3.63, 3.8) is 0 Å². The Morgan fingerprint density at radius 1 is 1.00 bits per heavy atom. The Morgan fingerprint density at radius 3 is 2.20 bits per heavy atom. The normalized spacial score (nSPS) is 11.9. The summed E-state index contributed by atoms with van der Waals surface area (Å²) in [4.78, 5) is 11.9. The van der Waals surface area contributed by atoms with Crippen LogP contribution in [0.15, 0.2) is 54.6 Å². The van der Waals surface area contributed by atoms with Gasteiger partial charge in [-0.25, -0.2) is 4.79 Å². The van der Waals surface area contributed by atoms with Gasteiger partial charge < -0.3 is 4.74 Å². The molecule has 0 aliphatic carbocycles. The van der Waals surface area contributed by atoms with Crippen molar-refractivity contribution in [1.29, 1.82) is 0 Å². The first-order chi connectivity index (χ1) is 9.70. The summed E-state index contributed by atoms with van der Waals surface area (Å²) in [6.07, 6.45) is 1.01. The van der Waals surface area contributed by atoms with Crippen molar-refractivity contribution < 1.29 is 9.53 Å². The van der Waals surface area contributed by atoms with Crippen LogP contribution in [0.2, 0.25) is 0 Å². The highest BCUT2D eigenvalue weighted by atomic mass is 16.5. The summed E-state index contributed by atoms with van der Waals surface area (Å²) in [7, 11) is 0. The van der Waals surface area contributed by atoms with Crippen LogP contribution in [0.3, 0.4) is 0 Å². The molecule has 0 aliphatic rings. The Balaban J connectivity index is 2.03. The third-order valence-corrected chi connectivity index (χ3v) is 3.42. The quantitative estimate of drug-likeness (QED) is 0.743. The van der Waals surface area contributed by atoms with Gasteiger partial charge in [-0.05, 0) is 29.2 Å². The lowest BCUT2D eigenvalue weighted by Crippen LogP contribution is -2.11. The zero-order chi connectivity index (χ0) is 14.4. The first-order valence-electron chi connectivity index (χ1n) is 7.03. The molecule has 0 spiro atoms. The average molecular weight is 268 g/mol. The van der Waals surface area contributed by atoms with Crippen molar-refractivity contribution in [3.8, 4) is 11.1 Å². The molecule has 0 bridgehead atoms. The van der Waals surface area contributed by atoms with E-state index in [2.05, 4.69) is 26.0 Å². The van der Waals surface area contributed by atoms with Crippen LogP contribution in [0.5, 0.6) is 0 Å². The second-order valence-corrected chi connectivity index (χ2v) is 5.06. The minimum Gasteiger partial charge on any atom is -0.462 e. The second-order valence-electron chi connectivity index (χ2n) is 5.06. The third-order valence-electron chi connectivity index (χ3n) is 3.42. The van der Waals surface area contributed by atoms with Gasteiger partial charge in [-0.3, -0.25) is 0 Å². The Bertz CT molecular complexity index is 543. The maximum absolute atomic E-state index is 11.9. The van der Waals surface area contributed by atoms with Crippen molar-refractivity contribution in [2.75, 3.05) is 6.61 Å². The van der Waals surface area contributed by atoms with E-state index in [9.17, 15) is 4.79 Å². The summed E-state index contributed by atoms with van der Waals surface area (Å²) in [6.45, 7) is 4.65. The van der Waals surface area contributed by atoms with Crippen LogP contribution in [-0.4, -0.2) is 12.6 Å². The largest absolute Gasteiger partial charge is 0.462 e. The molecule has 0 unspecified atom stereocenters. The minimum atomic E-state index is -0.245. The van der Waals surface area contributed by atoms with Gasteiger partial charge in [0.2, 0.25) is 0 Å². The molecule has 2 heteroatoms. The number of carbonyl (C=O) groups is 1. The van der Waals surface area contributed by atoms with Crippen LogP contribution >= 0.6 is 0 Å². The van der Waals surface area contributed by atoms with Gasteiger partial charge in [0.25, 0.3) is 0 Å². The predicted octanol–water partition coefficient (Wildman–Crippen LogP) is 4.56. The summed E-state index contributed by atoms with van der Waals surface area (Å²) in [5, 5.41) is 0. The zero-order valence-electron chi connectivity index (χ0n) is 12.0. The molecule has 0 fully saturated rings. The molecular weight excluding hydrogens is 248 g/mol. The van der Waals surface area contributed by atoms with E-state index in [0.29, 0.717) is 18.1 Å². The molecule has 0 N–H and O–H groups in total. The molecule has 2 aromatic rings. The van der Waals surface area contributed by atoms with Gasteiger partial charge >= 0.3 is 5.97 Å². The predicted molar refractivity (Wildman–Crippen MR) is 81.6 cm³/mol. The lowest BCUT2D eigenvalue weighted by atomic mass is 10.0. The third kappa shape index (κ3) is 3.70. The van der Waals surface area contributed by atoms with E-state index < -0.39 is 0 Å². The van der Waals surface area contributed by atoms with E-state index in [1.54, 1.807) is 0 Å². The molecule has 2 nitrogen and oxygen atoms in total. The molecule has 104 valence electrons. The molecule has 0 aliphatic heterocycles. The summed E-state index contributed by atoms with van der Waals surface area (Å²) < 4.78 is 5.29. The van der Waals surface area contributed by atoms with Gasteiger partial charge in [0, 0.05) is 0 Å². The molecule has 0 saturated carbocycles. The van der Waals surface area contributed by atoms with Crippen LogP contribution < -0.4 is 0 Å². The van der Waals surface area contributed by atoms with E-state index in [1.165, 1.54) is 0 Å². The van der Waals surface area contributed by atoms with Crippen molar-refractivity contribution in [2.24, 2.45) is 5.92 Å². The Hall–Kier alpha value is -2.09. The molecule has 2 aromatic carbocycles. The number of hydrogen-bond acceptors (Lipinski definition) is 2. The Kier molecular flexibility index (Phi) is 4.94. The maximum atomic E-state index is 11.9. The monoisotopic (exact) mass is 268 g/mol. The molecule has 20 heavy (non-hydrogen) atoms. The highest BCUT2D eigenvalue weighted by Crippen LogP contribution is 2.19. The van der Waals surface area contributed by atoms with Crippen LogP contribution in [-0.2, 0) is 4.74 Å². The van der Waals surface area contributed by atoms with Crippen molar-refractivity contribution in [2.45, 2.75) is 20.3 Å². The van der Waals surface area contributed by atoms with E-state index in [1.807, 2.05) is 42.5 Å². The van der Waals surface area contributed by atoms with Crippen LogP contribution in [0.1, 0.15) is 30.6 Å². The highest BCUT2D eigenvalue weighted by Gasteiger charge is 2.09. The van der Waals surface area contributed by atoms with Crippen molar-refractivity contribution in [1.82, 2.24) is 0 Å². The standard InChI is InChI=1S/C18H20O2/c1-3-14(2)13-20-18(19)17-11-9-16(10-12-17)15-7-5-4-6-8-15/h4-12,14H,3,13H2,1-2H3/t14-/m0/s1. The van der Waals surface area contributed by atoms with Gasteiger partial charge in [-0.15, -0.1) is 0 Å². The summed E-state index contributed by atoms with van der Waals surface area (Å²) in [6, 6.07) is 17.6.